The van der Waals surface area contributed by atoms with Gasteiger partial charge in [0.15, 0.2) is 11.3 Å². The van der Waals surface area contributed by atoms with E-state index in [2.05, 4.69) is 18.8 Å². The largest absolute Gasteiger partial charge is 0.451 e. The van der Waals surface area contributed by atoms with Crippen LogP contribution in [-0.2, 0) is 0 Å². The van der Waals surface area contributed by atoms with E-state index in [1.54, 1.807) is 0 Å². The summed E-state index contributed by atoms with van der Waals surface area (Å²) in [5.74, 6) is 6.64. The maximum absolute atomic E-state index is 13.0. The molecule has 2 aliphatic rings. The second-order valence-corrected chi connectivity index (χ2v) is 6.01. The van der Waals surface area contributed by atoms with Gasteiger partial charge >= 0.3 is 0 Å². The Morgan fingerprint density at radius 1 is 1.04 bits per heavy atom. The van der Waals surface area contributed by atoms with Crippen LogP contribution in [0.25, 0.3) is 33.3 Å². The maximum atomic E-state index is 13.0. The fourth-order valence-corrected chi connectivity index (χ4v) is 2.97. The minimum Gasteiger partial charge on any atom is -0.451 e. The SMILES string of the molecule is CCCCC#Cc1c2oc3ccccc3nc-2c2ccccc2c1=O. The third-order valence-electron chi connectivity index (χ3n) is 4.27. The Balaban J connectivity index is 2.10. The van der Waals surface area contributed by atoms with Gasteiger partial charge < -0.3 is 4.42 Å². The van der Waals surface area contributed by atoms with Gasteiger partial charge in [0.2, 0.25) is 5.43 Å². The van der Waals surface area contributed by atoms with Crippen LogP contribution >= 0.6 is 0 Å². The minimum absolute atomic E-state index is 0.0899. The highest BCUT2D eigenvalue weighted by molar-refractivity contribution is 5.98. The Kier molecular flexibility index (Phi) is 3.95. The van der Waals surface area contributed by atoms with E-state index in [1.165, 1.54) is 0 Å². The number of hydrogen-bond acceptors (Lipinski definition) is 3. The topological polar surface area (TPSA) is 43.1 Å². The molecule has 1 aliphatic carbocycles. The van der Waals surface area contributed by atoms with Crippen molar-refractivity contribution in [3.05, 3.63) is 64.3 Å². The van der Waals surface area contributed by atoms with Crippen molar-refractivity contribution in [2.75, 3.05) is 0 Å². The zero-order chi connectivity index (χ0) is 17.2. The molecule has 0 amide bonds. The summed E-state index contributed by atoms with van der Waals surface area (Å²) in [5.41, 5.74) is 2.43. The van der Waals surface area contributed by atoms with Gasteiger partial charge in [0.25, 0.3) is 0 Å². The van der Waals surface area contributed by atoms with E-state index in [1.807, 2.05) is 48.5 Å². The normalized spacial score (nSPS) is 10.9. The Morgan fingerprint density at radius 3 is 2.64 bits per heavy atom. The van der Waals surface area contributed by atoms with Crippen LogP contribution in [0.3, 0.4) is 0 Å². The van der Waals surface area contributed by atoms with Crippen molar-refractivity contribution in [2.24, 2.45) is 0 Å². The Hall–Kier alpha value is -3.12. The number of benzene rings is 3. The minimum atomic E-state index is -0.0899. The first-order valence-electron chi connectivity index (χ1n) is 8.52. The van der Waals surface area contributed by atoms with Crippen LogP contribution in [0, 0.1) is 11.8 Å². The number of para-hydroxylation sites is 2. The summed E-state index contributed by atoms with van der Waals surface area (Å²) in [6.45, 7) is 2.12. The summed E-state index contributed by atoms with van der Waals surface area (Å²) in [7, 11) is 0. The van der Waals surface area contributed by atoms with Crippen LogP contribution in [0.15, 0.2) is 57.7 Å². The van der Waals surface area contributed by atoms with Crippen molar-refractivity contribution in [1.82, 2.24) is 4.98 Å². The van der Waals surface area contributed by atoms with Crippen molar-refractivity contribution >= 4 is 21.9 Å². The number of rotatable bonds is 2. The molecule has 0 radical (unpaired) electrons. The summed E-state index contributed by atoms with van der Waals surface area (Å²) in [5, 5.41) is 1.43. The zero-order valence-corrected chi connectivity index (χ0v) is 14.0. The predicted octanol–water partition coefficient (Wildman–Crippen LogP) is 4.99. The van der Waals surface area contributed by atoms with Crippen LogP contribution < -0.4 is 5.43 Å². The number of aromatic nitrogens is 1. The van der Waals surface area contributed by atoms with Gasteiger partial charge in [-0.2, -0.15) is 0 Å². The molecule has 3 heteroatoms. The molecule has 1 heterocycles. The third-order valence-corrected chi connectivity index (χ3v) is 4.27. The monoisotopic (exact) mass is 327 g/mol. The van der Waals surface area contributed by atoms with Crippen molar-refractivity contribution in [3.8, 4) is 23.3 Å². The number of unbranched alkanes of at least 4 members (excludes halogenated alkanes) is 2. The molecule has 25 heavy (non-hydrogen) atoms. The van der Waals surface area contributed by atoms with Gasteiger partial charge in [0.1, 0.15) is 16.8 Å². The van der Waals surface area contributed by atoms with Crippen molar-refractivity contribution in [2.45, 2.75) is 26.2 Å². The summed E-state index contributed by atoms with van der Waals surface area (Å²) < 4.78 is 6.06. The van der Waals surface area contributed by atoms with E-state index in [0.29, 0.717) is 28.0 Å². The predicted molar refractivity (Wildman–Crippen MR) is 101 cm³/mol. The Labute approximate surface area is 145 Å². The summed E-state index contributed by atoms with van der Waals surface area (Å²) >= 11 is 0. The molecule has 0 saturated heterocycles. The number of fused-ring (bicyclic) bond motifs is 4. The Morgan fingerprint density at radius 2 is 1.80 bits per heavy atom. The van der Waals surface area contributed by atoms with Crippen LogP contribution in [0.2, 0.25) is 0 Å². The first-order chi connectivity index (χ1) is 12.3. The average Bonchev–Trinajstić information content (AvgIpc) is 2.66. The first kappa shape index (κ1) is 15.4. The van der Waals surface area contributed by atoms with E-state index in [-0.39, 0.29) is 5.43 Å². The molecule has 0 atom stereocenters. The van der Waals surface area contributed by atoms with Gasteiger partial charge in [-0.3, -0.25) is 4.79 Å². The molecule has 0 bridgehead atoms. The number of hydrogen-bond donors (Lipinski definition) is 0. The van der Waals surface area contributed by atoms with Crippen molar-refractivity contribution in [1.29, 1.82) is 0 Å². The highest BCUT2D eigenvalue weighted by Gasteiger charge is 2.20. The molecule has 0 aromatic heterocycles. The van der Waals surface area contributed by atoms with E-state index in [4.69, 9.17) is 9.40 Å². The molecule has 1 aliphatic heterocycles. The molecule has 3 nitrogen and oxygen atoms in total. The lowest BCUT2D eigenvalue weighted by Crippen LogP contribution is -2.11. The fourth-order valence-electron chi connectivity index (χ4n) is 2.97. The van der Waals surface area contributed by atoms with Crippen LogP contribution in [0.4, 0.5) is 0 Å². The van der Waals surface area contributed by atoms with Gasteiger partial charge in [0.05, 0.1) is 0 Å². The molecule has 0 spiro atoms. The lowest BCUT2D eigenvalue weighted by Gasteiger charge is -2.11. The van der Waals surface area contributed by atoms with Crippen LogP contribution in [0.1, 0.15) is 31.7 Å². The zero-order valence-electron chi connectivity index (χ0n) is 14.0. The average molecular weight is 327 g/mol. The van der Waals surface area contributed by atoms with E-state index in [9.17, 15) is 4.79 Å². The molecule has 122 valence electrons. The molecule has 0 saturated carbocycles. The highest BCUT2D eigenvalue weighted by Crippen LogP contribution is 2.32. The quantitative estimate of drug-likeness (QED) is 0.225. The summed E-state index contributed by atoms with van der Waals surface area (Å²) in [4.78, 5) is 17.7. The van der Waals surface area contributed by atoms with Gasteiger partial charge in [0, 0.05) is 17.2 Å². The lowest BCUT2D eigenvalue weighted by atomic mass is 9.99. The second-order valence-electron chi connectivity index (χ2n) is 6.01. The van der Waals surface area contributed by atoms with Gasteiger partial charge in [-0.1, -0.05) is 61.6 Å². The van der Waals surface area contributed by atoms with Gasteiger partial charge in [-0.15, -0.1) is 0 Å². The second kappa shape index (κ2) is 6.41. The van der Waals surface area contributed by atoms with E-state index < -0.39 is 0 Å². The van der Waals surface area contributed by atoms with Gasteiger partial charge in [-0.05, 0) is 18.6 Å². The third kappa shape index (κ3) is 2.66. The number of nitrogens with zero attached hydrogens (tertiary/aromatic N) is 1. The van der Waals surface area contributed by atoms with Crippen molar-refractivity contribution in [3.63, 3.8) is 0 Å². The van der Waals surface area contributed by atoms with E-state index in [0.717, 1.165) is 30.2 Å². The smallest absolute Gasteiger partial charge is 0.205 e. The van der Waals surface area contributed by atoms with Gasteiger partial charge in [-0.25, -0.2) is 4.98 Å². The van der Waals surface area contributed by atoms with Crippen LogP contribution in [0.5, 0.6) is 0 Å². The Bertz CT molecular complexity index is 1160. The lowest BCUT2D eigenvalue weighted by molar-refractivity contribution is 0.612. The summed E-state index contributed by atoms with van der Waals surface area (Å²) in [6.07, 6.45) is 2.87. The standard InChI is InChI=1S/C22H17NO2/c1-2-3-4-5-12-17-21(24)16-11-7-6-10-15(16)20-22(17)25-19-14-9-8-13-18(19)23-20/h6-11,13-14H,2-4H2,1H3. The molecule has 4 rings (SSSR count). The summed E-state index contributed by atoms with van der Waals surface area (Å²) in [6, 6.07) is 15.1. The molecule has 0 N–H and O–H groups in total. The molecule has 0 unspecified atom stereocenters. The molecule has 2 aromatic carbocycles. The maximum Gasteiger partial charge on any atom is 0.205 e. The molecular weight excluding hydrogens is 310 g/mol. The fraction of sp³-hybridized carbons (Fsp3) is 0.182. The van der Waals surface area contributed by atoms with Crippen LogP contribution in [-0.4, -0.2) is 4.98 Å². The first-order valence-corrected chi connectivity index (χ1v) is 8.52. The van der Waals surface area contributed by atoms with E-state index >= 15 is 0 Å². The molecule has 2 aromatic rings. The highest BCUT2D eigenvalue weighted by atomic mass is 16.3. The molecular formula is C22H17NO2. The van der Waals surface area contributed by atoms with Crippen molar-refractivity contribution < 1.29 is 4.42 Å². The molecule has 0 fully saturated rings.